The van der Waals surface area contributed by atoms with Crippen LogP contribution in [0.15, 0.2) is 22.9 Å². The lowest BCUT2D eigenvalue weighted by molar-refractivity contribution is 0.364. The molecule has 74 valence electrons. The fourth-order valence-corrected chi connectivity index (χ4v) is 1.19. The summed E-state index contributed by atoms with van der Waals surface area (Å²) in [5.74, 6) is 1.29. The molecule has 0 fully saturated rings. The SMILES string of the molecule is Cc1noc(CNCc2ccc[nH]2)n1. The summed E-state index contributed by atoms with van der Waals surface area (Å²) in [6.07, 6.45) is 1.90. The summed E-state index contributed by atoms with van der Waals surface area (Å²) in [5, 5.41) is 6.89. The Morgan fingerprint density at radius 1 is 1.50 bits per heavy atom. The predicted molar refractivity (Wildman–Crippen MR) is 50.4 cm³/mol. The molecule has 5 nitrogen and oxygen atoms in total. The largest absolute Gasteiger partial charge is 0.364 e. The third-order valence-electron chi connectivity index (χ3n) is 1.82. The molecule has 2 aromatic heterocycles. The summed E-state index contributed by atoms with van der Waals surface area (Å²) >= 11 is 0. The van der Waals surface area contributed by atoms with Crippen LogP contribution in [-0.4, -0.2) is 15.1 Å². The van der Waals surface area contributed by atoms with Crippen LogP contribution in [-0.2, 0) is 13.1 Å². The van der Waals surface area contributed by atoms with Crippen molar-refractivity contribution in [1.82, 2.24) is 20.4 Å². The van der Waals surface area contributed by atoms with Gasteiger partial charge in [-0.15, -0.1) is 0 Å². The number of hydrogen-bond donors (Lipinski definition) is 2. The van der Waals surface area contributed by atoms with Crippen molar-refractivity contribution in [3.8, 4) is 0 Å². The number of hydrogen-bond acceptors (Lipinski definition) is 4. The maximum atomic E-state index is 4.95. The molecule has 2 aromatic rings. The molecular weight excluding hydrogens is 180 g/mol. The zero-order valence-corrected chi connectivity index (χ0v) is 7.95. The molecule has 0 saturated heterocycles. The van der Waals surface area contributed by atoms with Crippen molar-refractivity contribution in [3.63, 3.8) is 0 Å². The van der Waals surface area contributed by atoms with E-state index in [4.69, 9.17) is 4.52 Å². The summed E-state index contributed by atoms with van der Waals surface area (Å²) in [7, 11) is 0. The Balaban J connectivity index is 1.78. The molecule has 0 radical (unpaired) electrons. The van der Waals surface area contributed by atoms with Crippen LogP contribution < -0.4 is 5.32 Å². The fourth-order valence-electron chi connectivity index (χ4n) is 1.19. The molecule has 0 aliphatic carbocycles. The quantitative estimate of drug-likeness (QED) is 0.758. The second-order valence-electron chi connectivity index (χ2n) is 3.03. The minimum atomic E-state index is 0.597. The van der Waals surface area contributed by atoms with Crippen LogP contribution in [0, 0.1) is 6.92 Å². The van der Waals surface area contributed by atoms with Gasteiger partial charge in [-0.05, 0) is 19.1 Å². The van der Waals surface area contributed by atoms with Gasteiger partial charge in [-0.2, -0.15) is 4.98 Å². The van der Waals surface area contributed by atoms with Crippen molar-refractivity contribution in [1.29, 1.82) is 0 Å². The average Bonchev–Trinajstić information content (AvgIpc) is 2.77. The normalized spacial score (nSPS) is 10.6. The first kappa shape index (κ1) is 8.96. The van der Waals surface area contributed by atoms with Crippen molar-refractivity contribution in [3.05, 3.63) is 35.7 Å². The van der Waals surface area contributed by atoms with Gasteiger partial charge in [0, 0.05) is 18.4 Å². The van der Waals surface area contributed by atoms with E-state index in [0.29, 0.717) is 18.3 Å². The zero-order chi connectivity index (χ0) is 9.80. The topological polar surface area (TPSA) is 66.7 Å². The molecule has 2 heterocycles. The van der Waals surface area contributed by atoms with Gasteiger partial charge in [0.2, 0.25) is 5.89 Å². The number of H-pyrrole nitrogens is 1. The number of aromatic amines is 1. The Morgan fingerprint density at radius 3 is 3.07 bits per heavy atom. The van der Waals surface area contributed by atoms with Crippen LogP contribution in [0.3, 0.4) is 0 Å². The van der Waals surface area contributed by atoms with E-state index in [9.17, 15) is 0 Å². The number of rotatable bonds is 4. The van der Waals surface area contributed by atoms with Crippen molar-refractivity contribution < 1.29 is 4.52 Å². The van der Waals surface area contributed by atoms with Crippen molar-refractivity contribution in [2.75, 3.05) is 0 Å². The molecule has 0 saturated carbocycles. The monoisotopic (exact) mass is 192 g/mol. The number of aryl methyl sites for hydroxylation is 1. The molecule has 0 aromatic carbocycles. The average molecular weight is 192 g/mol. The van der Waals surface area contributed by atoms with E-state index in [1.807, 2.05) is 18.3 Å². The van der Waals surface area contributed by atoms with Crippen LogP contribution in [0.2, 0.25) is 0 Å². The molecule has 14 heavy (non-hydrogen) atoms. The third kappa shape index (κ3) is 2.20. The Morgan fingerprint density at radius 2 is 2.43 bits per heavy atom. The van der Waals surface area contributed by atoms with Gasteiger partial charge < -0.3 is 14.8 Å². The number of aromatic nitrogens is 3. The zero-order valence-electron chi connectivity index (χ0n) is 7.95. The lowest BCUT2D eigenvalue weighted by Gasteiger charge is -1.97. The fraction of sp³-hybridized carbons (Fsp3) is 0.333. The maximum Gasteiger partial charge on any atom is 0.240 e. The Kier molecular flexibility index (Phi) is 2.60. The van der Waals surface area contributed by atoms with Crippen LogP contribution in [0.1, 0.15) is 17.4 Å². The van der Waals surface area contributed by atoms with Gasteiger partial charge in [0.1, 0.15) is 0 Å². The number of nitrogens with one attached hydrogen (secondary N) is 2. The summed E-state index contributed by atoms with van der Waals surface area (Å²) < 4.78 is 4.95. The lowest BCUT2D eigenvalue weighted by atomic mass is 10.4. The molecule has 2 N–H and O–H groups in total. The molecule has 0 unspecified atom stereocenters. The second kappa shape index (κ2) is 4.06. The van der Waals surface area contributed by atoms with Gasteiger partial charge in [0.05, 0.1) is 6.54 Å². The molecule has 2 rings (SSSR count). The predicted octanol–water partition coefficient (Wildman–Crippen LogP) is 0.996. The van der Waals surface area contributed by atoms with Crippen molar-refractivity contribution in [2.45, 2.75) is 20.0 Å². The molecule has 0 aliphatic rings. The van der Waals surface area contributed by atoms with Crippen LogP contribution in [0.4, 0.5) is 0 Å². The van der Waals surface area contributed by atoms with E-state index >= 15 is 0 Å². The minimum Gasteiger partial charge on any atom is -0.364 e. The van der Waals surface area contributed by atoms with Crippen LogP contribution in [0.25, 0.3) is 0 Å². The van der Waals surface area contributed by atoms with E-state index in [0.717, 1.165) is 12.2 Å². The van der Waals surface area contributed by atoms with Gasteiger partial charge in [0.15, 0.2) is 5.82 Å². The van der Waals surface area contributed by atoms with E-state index in [2.05, 4.69) is 20.4 Å². The molecule has 0 atom stereocenters. The summed E-state index contributed by atoms with van der Waals surface area (Å²) in [6.45, 7) is 3.17. The molecule has 0 bridgehead atoms. The molecule has 0 aliphatic heterocycles. The molecule has 5 heteroatoms. The molecule has 0 amide bonds. The summed E-state index contributed by atoms with van der Waals surface area (Å²) in [5.41, 5.74) is 1.14. The van der Waals surface area contributed by atoms with Gasteiger partial charge in [-0.25, -0.2) is 0 Å². The highest BCUT2D eigenvalue weighted by atomic mass is 16.5. The van der Waals surface area contributed by atoms with Crippen LogP contribution in [0.5, 0.6) is 0 Å². The first-order valence-corrected chi connectivity index (χ1v) is 4.47. The lowest BCUT2D eigenvalue weighted by Crippen LogP contribution is -2.13. The Hall–Kier alpha value is -1.62. The van der Waals surface area contributed by atoms with E-state index in [1.165, 1.54) is 0 Å². The van der Waals surface area contributed by atoms with E-state index in [-0.39, 0.29) is 0 Å². The van der Waals surface area contributed by atoms with Gasteiger partial charge in [-0.1, -0.05) is 5.16 Å². The maximum absolute atomic E-state index is 4.95. The van der Waals surface area contributed by atoms with Crippen molar-refractivity contribution >= 4 is 0 Å². The third-order valence-corrected chi connectivity index (χ3v) is 1.82. The first-order chi connectivity index (χ1) is 6.84. The van der Waals surface area contributed by atoms with Crippen molar-refractivity contribution in [2.24, 2.45) is 0 Å². The molecule has 0 spiro atoms. The van der Waals surface area contributed by atoms with Gasteiger partial charge in [-0.3, -0.25) is 0 Å². The highest BCUT2D eigenvalue weighted by Gasteiger charge is 2.01. The highest BCUT2D eigenvalue weighted by Crippen LogP contribution is 1.97. The van der Waals surface area contributed by atoms with Gasteiger partial charge >= 0.3 is 0 Å². The Bertz CT molecular complexity index is 379. The Labute approximate surface area is 81.5 Å². The van der Waals surface area contributed by atoms with E-state index < -0.39 is 0 Å². The minimum absolute atomic E-state index is 0.597. The highest BCUT2D eigenvalue weighted by molar-refractivity contribution is 5.02. The van der Waals surface area contributed by atoms with Crippen LogP contribution >= 0.6 is 0 Å². The first-order valence-electron chi connectivity index (χ1n) is 4.47. The van der Waals surface area contributed by atoms with Gasteiger partial charge in [0.25, 0.3) is 0 Å². The standard InChI is InChI=1S/C9H12N4O/c1-7-12-9(14-13-7)6-10-5-8-3-2-4-11-8/h2-4,10-11H,5-6H2,1H3. The number of nitrogens with zero attached hydrogens (tertiary/aromatic N) is 2. The molecular formula is C9H12N4O. The van der Waals surface area contributed by atoms with E-state index in [1.54, 1.807) is 6.92 Å². The summed E-state index contributed by atoms with van der Waals surface area (Å²) in [6, 6.07) is 3.99. The summed E-state index contributed by atoms with van der Waals surface area (Å²) in [4.78, 5) is 7.18. The second-order valence-corrected chi connectivity index (χ2v) is 3.03. The smallest absolute Gasteiger partial charge is 0.240 e.